The van der Waals surface area contributed by atoms with Crippen molar-refractivity contribution < 1.29 is 4.79 Å². The van der Waals surface area contributed by atoms with Crippen LogP contribution in [-0.4, -0.2) is 45.8 Å². The summed E-state index contributed by atoms with van der Waals surface area (Å²) in [7, 11) is 0. The molecular weight excluding hydrogens is 216 g/mol. The van der Waals surface area contributed by atoms with Gasteiger partial charge in [-0.25, -0.2) is 4.68 Å². The summed E-state index contributed by atoms with van der Waals surface area (Å²) in [6, 6.07) is 0. The molecule has 1 saturated carbocycles. The minimum Gasteiger partial charge on any atom is -0.301 e. The summed E-state index contributed by atoms with van der Waals surface area (Å²) in [5.41, 5.74) is 1.62. The Hall–Kier alpha value is -1.23. The van der Waals surface area contributed by atoms with Crippen LogP contribution >= 0.6 is 0 Å². The Balaban J connectivity index is 1.68. The molecule has 0 bridgehead atoms. The van der Waals surface area contributed by atoms with Crippen molar-refractivity contribution in [3.8, 4) is 0 Å². The van der Waals surface area contributed by atoms with Gasteiger partial charge in [0.1, 0.15) is 5.69 Å². The van der Waals surface area contributed by atoms with E-state index in [-0.39, 0.29) is 0 Å². The SMILES string of the molecule is O=Cc1nnn(CCN2CCCC2)c1C1CC1. The topological polar surface area (TPSA) is 51.0 Å². The molecule has 3 rings (SSSR count). The van der Waals surface area contributed by atoms with E-state index in [1.807, 2.05) is 4.68 Å². The van der Waals surface area contributed by atoms with Crippen LogP contribution < -0.4 is 0 Å². The Kier molecular flexibility index (Phi) is 2.93. The number of nitrogens with zero attached hydrogens (tertiary/aromatic N) is 4. The molecule has 1 aromatic rings. The van der Waals surface area contributed by atoms with E-state index in [4.69, 9.17) is 0 Å². The number of hydrogen-bond donors (Lipinski definition) is 0. The molecule has 2 aliphatic rings. The van der Waals surface area contributed by atoms with Crippen LogP contribution in [0.25, 0.3) is 0 Å². The van der Waals surface area contributed by atoms with Gasteiger partial charge in [0.15, 0.2) is 6.29 Å². The minimum atomic E-state index is 0.531. The van der Waals surface area contributed by atoms with Gasteiger partial charge in [-0.05, 0) is 38.8 Å². The Labute approximate surface area is 101 Å². The third-order valence-corrected chi connectivity index (χ3v) is 3.70. The first kappa shape index (κ1) is 10.9. The minimum absolute atomic E-state index is 0.531. The first-order valence-corrected chi connectivity index (χ1v) is 6.49. The van der Waals surface area contributed by atoms with Crippen LogP contribution in [0.3, 0.4) is 0 Å². The van der Waals surface area contributed by atoms with Gasteiger partial charge in [0.05, 0.1) is 12.2 Å². The monoisotopic (exact) mass is 234 g/mol. The average Bonchev–Trinajstić information content (AvgIpc) is 2.92. The summed E-state index contributed by atoms with van der Waals surface area (Å²) in [6.07, 6.45) is 5.82. The molecule has 1 saturated heterocycles. The van der Waals surface area contributed by atoms with Crippen LogP contribution in [0.2, 0.25) is 0 Å². The molecule has 92 valence electrons. The summed E-state index contributed by atoms with van der Waals surface area (Å²) in [4.78, 5) is 13.4. The van der Waals surface area contributed by atoms with Gasteiger partial charge in [-0.2, -0.15) is 0 Å². The third-order valence-electron chi connectivity index (χ3n) is 3.70. The summed E-state index contributed by atoms with van der Waals surface area (Å²) < 4.78 is 1.94. The van der Waals surface area contributed by atoms with Gasteiger partial charge in [0, 0.05) is 12.5 Å². The highest BCUT2D eigenvalue weighted by Gasteiger charge is 2.31. The van der Waals surface area contributed by atoms with Crippen LogP contribution in [0, 0.1) is 0 Å². The van der Waals surface area contributed by atoms with E-state index in [1.165, 1.54) is 38.8 Å². The van der Waals surface area contributed by atoms with E-state index in [0.29, 0.717) is 11.6 Å². The fourth-order valence-corrected chi connectivity index (χ4v) is 2.60. The summed E-state index contributed by atoms with van der Waals surface area (Å²) in [5.74, 6) is 0.531. The Bertz CT molecular complexity index is 405. The van der Waals surface area contributed by atoms with E-state index < -0.39 is 0 Å². The highest BCUT2D eigenvalue weighted by atomic mass is 16.1. The summed E-state index contributed by atoms with van der Waals surface area (Å²) in [6.45, 7) is 4.30. The molecule has 0 spiro atoms. The molecule has 1 aliphatic carbocycles. The van der Waals surface area contributed by atoms with E-state index in [9.17, 15) is 4.79 Å². The number of aromatic nitrogens is 3. The maximum atomic E-state index is 10.9. The lowest BCUT2D eigenvalue weighted by atomic mass is 10.2. The zero-order chi connectivity index (χ0) is 11.7. The number of rotatable bonds is 5. The first-order chi connectivity index (χ1) is 8.38. The van der Waals surface area contributed by atoms with Gasteiger partial charge in [-0.15, -0.1) is 5.10 Å². The van der Waals surface area contributed by atoms with Crippen molar-refractivity contribution >= 4 is 6.29 Å². The largest absolute Gasteiger partial charge is 0.301 e. The highest BCUT2D eigenvalue weighted by Crippen LogP contribution is 2.40. The second kappa shape index (κ2) is 4.56. The van der Waals surface area contributed by atoms with Crippen molar-refractivity contribution in [2.75, 3.05) is 19.6 Å². The van der Waals surface area contributed by atoms with Gasteiger partial charge >= 0.3 is 0 Å². The van der Waals surface area contributed by atoms with Crippen LogP contribution in [0.4, 0.5) is 0 Å². The average molecular weight is 234 g/mol. The molecule has 1 aliphatic heterocycles. The molecule has 0 unspecified atom stereocenters. The van der Waals surface area contributed by atoms with Gasteiger partial charge in [-0.1, -0.05) is 5.21 Å². The van der Waals surface area contributed by atoms with Crippen molar-refractivity contribution in [1.82, 2.24) is 19.9 Å². The van der Waals surface area contributed by atoms with Crippen molar-refractivity contribution in [1.29, 1.82) is 0 Å². The zero-order valence-corrected chi connectivity index (χ0v) is 10.0. The Morgan fingerprint density at radius 3 is 2.65 bits per heavy atom. The standard InChI is InChI=1S/C12H18N4O/c17-9-11-12(10-3-4-10)16(14-13-11)8-7-15-5-1-2-6-15/h9-10H,1-8H2. The van der Waals surface area contributed by atoms with Crippen molar-refractivity contribution in [3.63, 3.8) is 0 Å². The fraction of sp³-hybridized carbons (Fsp3) is 0.750. The highest BCUT2D eigenvalue weighted by molar-refractivity contribution is 5.73. The number of carbonyl (C=O) groups excluding carboxylic acids is 1. The van der Waals surface area contributed by atoms with E-state index in [2.05, 4.69) is 15.2 Å². The number of likely N-dealkylation sites (tertiary alicyclic amines) is 1. The lowest BCUT2D eigenvalue weighted by Crippen LogP contribution is -2.25. The molecular formula is C12H18N4O. The first-order valence-electron chi connectivity index (χ1n) is 6.49. The Morgan fingerprint density at radius 1 is 1.24 bits per heavy atom. The maximum absolute atomic E-state index is 10.9. The maximum Gasteiger partial charge on any atom is 0.172 e. The second-order valence-corrected chi connectivity index (χ2v) is 5.02. The lowest BCUT2D eigenvalue weighted by Gasteiger charge is -2.14. The predicted octanol–water partition coefficient (Wildman–Crippen LogP) is 1.06. The van der Waals surface area contributed by atoms with E-state index in [0.717, 1.165) is 25.1 Å². The second-order valence-electron chi connectivity index (χ2n) is 5.02. The molecule has 5 nitrogen and oxygen atoms in total. The summed E-state index contributed by atoms with van der Waals surface area (Å²) in [5, 5.41) is 8.09. The van der Waals surface area contributed by atoms with Crippen LogP contribution in [-0.2, 0) is 6.54 Å². The van der Waals surface area contributed by atoms with E-state index >= 15 is 0 Å². The molecule has 0 atom stereocenters. The normalized spacial score (nSPS) is 20.9. The smallest absolute Gasteiger partial charge is 0.172 e. The molecule has 0 amide bonds. The van der Waals surface area contributed by atoms with Gasteiger partial charge in [0.2, 0.25) is 0 Å². The molecule has 2 fully saturated rings. The van der Waals surface area contributed by atoms with Crippen LogP contribution in [0.5, 0.6) is 0 Å². The van der Waals surface area contributed by atoms with Crippen molar-refractivity contribution in [2.45, 2.75) is 38.1 Å². The van der Waals surface area contributed by atoms with Crippen molar-refractivity contribution in [2.24, 2.45) is 0 Å². The molecule has 17 heavy (non-hydrogen) atoms. The molecule has 2 heterocycles. The van der Waals surface area contributed by atoms with Crippen LogP contribution in [0.15, 0.2) is 0 Å². The zero-order valence-electron chi connectivity index (χ0n) is 10.0. The Morgan fingerprint density at radius 2 is 2.00 bits per heavy atom. The lowest BCUT2D eigenvalue weighted by molar-refractivity contribution is 0.111. The van der Waals surface area contributed by atoms with Gasteiger partial charge in [-0.3, -0.25) is 4.79 Å². The number of aldehydes is 1. The molecule has 0 aromatic carbocycles. The van der Waals surface area contributed by atoms with Crippen molar-refractivity contribution in [3.05, 3.63) is 11.4 Å². The molecule has 1 aromatic heterocycles. The van der Waals surface area contributed by atoms with Gasteiger partial charge < -0.3 is 4.90 Å². The predicted molar refractivity (Wildman–Crippen MR) is 63.1 cm³/mol. The number of hydrogen-bond acceptors (Lipinski definition) is 4. The van der Waals surface area contributed by atoms with Crippen LogP contribution in [0.1, 0.15) is 47.8 Å². The molecule has 0 radical (unpaired) electrons. The quantitative estimate of drug-likeness (QED) is 0.715. The summed E-state index contributed by atoms with van der Waals surface area (Å²) >= 11 is 0. The fourth-order valence-electron chi connectivity index (χ4n) is 2.60. The third kappa shape index (κ3) is 2.24. The molecule has 5 heteroatoms. The van der Waals surface area contributed by atoms with Gasteiger partial charge in [0.25, 0.3) is 0 Å². The van der Waals surface area contributed by atoms with E-state index in [1.54, 1.807) is 0 Å². The number of carbonyl (C=O) groups is 1. The molecule has 0 N–H and O–H groups in total.